The third-order valence-corrected chi connectivity index (χ3v) is 7.63. The lowest BCUT2D eigenvalue weighted by Crippen LogP contribution is -2.42. The van der Waals surface area contributed by atoms with Crippen LogP contribution in [0.1, 0.15) is 37.4 Å². The van der Waals surface area contributed by atoms with Gasteiger partial charge in [0.05, 0.1) is 17.5 Å². The van der Waals surface area contributed by atoms with E-state index in [1.165, 1.54) is 4.31 Å². The van der Waals surface area contributed by atoms with Crippen LogP contribution in [-0.2, 0) is 14.8 Å². The van der Waals surface area contributed by atoms with Gasteiger partial charge in [0.1, 0.15) is 0 Å². The Morgan fingerprint density at radius 1 is 0.968 bits per heavy atom. The standard InChI is InChI=1S/C24H33N3O3S/c1-19(2)24(21-8-5-4-6-9-21)25-23(28)18-26-14-7-15-27(17-16-26)31(29,30)22-12-10-20(3)11-13-22/h4-6,8-13,19,24H,7,14-18H2,1-3H3,(H,25,28). The van der Waals surface area contributed by atoms with Gasteiger partial charge in [-0.3, -0.25) is 9.69 Å². The highest BCUT2D eigenvalue weighted by molar-refractivity contribution is 7.89. The first kappa shape index (κ1) is 23.4. The molecule has 3 rings (SSSR count). The smallest absolute Gasteiger partial charge is 0.243 e. The molecule has 0 bridgehead atoms. The van der Waals surface area contributed by atoms with E-state index in [0.29, 0.717) is 37.5 Å². The van der Waals surface area contributed by atoms with Gasteiger partial charge in [0.25, 0.3) is 0 Å². The molecule has 1 N–H and O–H groups in total. The van der Waals surface area contributed by atoms with E-state index < -0.39 is 10.0 Å². The topological polar surface area (TPSA) is 69.7 Å². The van der Waals surface area contributed by atoms with Gasteiger partial charge in [-0.05, 0) is 43.5 Å². The van der Waals surface area contributed by atoms with Crippen LogP contribution < -0.4 is 5.32 Å². The first-order chi connectivity index (χ1) is 14.8. The molecule has 2 aromatic carbocycles. The molecule has 1 unspecified atom stereocenters. The lowest BCUT2D eigenvalue weighted by atomic mass is 9.96. The Morgan fingerprint density at radius 3 is 2.29 bits per heavy atom. The number of hydrogen-bond acceptors (Lipinski definition) is 4. The number of sulfonamides is 1. The van der Waals surface area contributed by atoms with Crippen LogP contribution in [0.25, 0.3) is 0 Å². The molecule has 0 aliphatic carbocycles. The molecule has 1 amide bonds. The molecule has 0 spiro atoms. The van der Waals surface area contributed by atoms with Crippen LogP contribution in [0.2, 0.25) is 0 Å². The molecule has 1 aliphatic heterocycles. The fourth-order valence-electron chi connectivity index (χ4n) is 3.92. The highest BCUT2D eigenvalue weighted by atomic mass is 32.2. The van der Waals surface area contributed by atoms with Gasteiger partial charge in [0, 0.05) is 19.6 Å². The van der Waals surface area contributed by atoms with E-state index in [-0.39, 0.29) is 24.4 Å². The van der Waals surface area contributed by atoms with Gasteiger partial charge in [0.2, 0.25) is 15.9 Å². The molecule has 1 atom stereocenters. The van der Waals surface area contributed by atoms with E-state index >= 15 is 0 Å². The van der Waals surface area contributed by atoms with Crippen LogP contribution in [-0.4, -0.2) is 56.3 Å². The SMILES string of the molecule is Cc1ccc(S(=O)(=O)N2CCCN(CC(=O)NC(c3ccccc3)C(C)C)CC2)cc1. The average Bonchev–Trinajstić information content (AvgIpc) is 2.99. The minimum Gasteiger partial charge on any atom is -0.348 e. The van der Waals surface area contributed by atoms with Gasteiger partial charge < -0.3 is 5.32 Å². The minimum absolute atomic E-state index is 0.0302. The van der Waals surface area contributed by atoms with Crippen LogP contribution in [0.4, 0.5) is 0 Å². The Hall–Kier alpha value is -2.22. The third kappa shape index (κ3) is 6.15. The molecule has 2 aromatic rings. The van der Waals surface area contributed by atoms with Crippen LogP contribution in [0.15, 0.2) is 59.5 Å². The van der Waals surface area contributed by atoms with Crippen molar-refractivity contribution in [3.63, 3.8) is 0 Å². The first-order valence-corrected chi connectivity index (χ1v) is 12.3. The number of rotatable bonds is 7. The summed E-state index contributed by atoms with van der Waals surface area (Å²) in [5.41, 5.74) is 2.12. The zero-order valence-corrected chi connectivity index (χ0v) is 19.4. The number of carbonyl (C=O) groups is 1. The van der Waals surface area contributed by atoms with Crippen molar-refractivity contribution in [2.45, 2.75) is 38.1 Å². The average molecular weight is 444 g/mol. The Labute approximate surface area is 186 Å². The molecule has 0 aromatic heterocycles. The molecule has 1 saturated heterocycles. The predicted octanol–water partition coefficient (Wildman–Crippen LogP) is 3.20. The Morgan fingerprint density at radius 2 is 1.65 bits per heavy atom. The third-order valence-electron chi connectivity index (χ3n) is 5.72. The maximum absolute atomic E-state index is 13.0. The molecule has 1 aliphatic rings. The Kier molecular flexibility index (Phi) is 7.86. The van der Waals surface area contributed by atoms with Crippen molar-refractivity contribution in [2.24, 2.45) is 5.92 Å². The van der Waals surface area contributed by atoms with Gasteiger partial charge in [-0.1, -0.05) is 61.9 Å². The number of benzene rings is 2. The summed E-state index contributed by atoms with van der Waals surface area (Å²) in [7, 11) is -3.51. The summed E-state index contributed by atoms with van der Waals surface area (Å²) in [5, 5.41) is 3.16. The molecule has 168 valence electrons. The van der Waals surface area contributed by atoms with Crippen LogP contribution in [0.3, 0.4) is 0 Å². The van der Waals surface area contributed by atoms with Crippen LogP contribution in [0, 0.1) is 12.8 Å². The van der Waals surface area contributed by atoms with Gasteiger partial charge in [-0.15, -0.1) is 0 Å². The molecule has 31 heavy (non-hydrogen) atoms. The fourth-order valence-corrected chi connectivity index (χ4v) is 5.39. The predicted molar refractivity (Wildman–Crippen MR) is 123 cm³/mol. The zero-order chi connectivity index (χ0) is 22.4. The van der Waals surface area contributed by atoms with E-state index in [4.69, 9.17) is 0 Å². The molecule has 1 fully saturated rings. The number of amides is 1. The van der Waals surface area contributed by atoms with Crippen molar-refractivity contribution in [1.29, 1.82) is 0 Å². The molecule has 0 saturated carbocycles. The molecule has 0 radical (unpaired) electrons. The summed E-state index contributed by atoms with van der Waals surface area (Å²) in [4.78, 5) is 15.1. The second-order valence-corrected chi connectivity index (χ2v) is 10.5. The fraction of sp³-hybridized carbons (Fsp3) is 0.458. The van der Waals surface area contributed by atoms with E-state index in [0.717, 1.165) is 11.1 Å². The van der Waals surface area contributed by atoms with Crippen molar-refractivity contribution >= 4 is 15.9 Å². The quantitative estimate of drug-likeness (QED) is 0.713. The monoisotopic (exact) mass is 443 g/mol. The second-order valence-electron chi connectivity index (χ2n) is 8.55. The van der Waals surface area contributed by atoms with Crippen molar-refractivity contribution in [3.8, 4) is 0 Å². The maximum Gasteiger partial charge on any atom is 0.243 e. The Balaban J connectivity index is 1.59. The highest BCUT2D eigenvalue weighted by Crippen LogP contribution is 2.22. The summed E-state index contributed by atoms with van der Waals surface area (Å²) in [5.74, 6) is 0.239. The summed E-state index contributed by atoms with van der Waals surface area (Å²) in [6, 6.07) is 16.9. The number of aryl methyl sites for hydroxylation is 1. The molecule has 1 heterocycles. The molecule has 7 heteroatoms. The van der Waals surface area contributed by atoms with Crippen molar-refractivity contribution < 1.29 is 13.2 Å². The summed E-state index contributed by atoms with van der Waals surface area (Å²) in [6.45, 7) is 8.49. The van der Waals surface area contributed by atoms with Gasteiger partial charge in [0.15, 0.2) is 0 Å². The van der Waals surface area contributed by atoms with Gasteiger partial charge in [-0.25, -0.2) is 8.42 Å². The summed E-state index contributed by atoms with van der Waals surface area (Å²) in [6.07, 6.45) is 0.699. The zero-order valence-electron chi connectivity index (χ0n) is 18.6. The maximum atomic E-state index is 13.0. The largest absolute Gasteiger partial charge is 0.348 e. The van der Waals surface area contributed by atoms with Crippen molar-refractivity contribution in [3.05, 3.63) is 65.7 Å². The van der Waals surface area contributed by atoms with Crippen LogP contribution >= 0.6 is 0 Å². The lowest BCUT2D eigenvalue weighted by molar-refractivity contribution is -0.123. The number of hydrogen-bond donors (Lipinski definition) is 1. The van der Waals surface area contributed by atoms with E-state index in [2.05, 4.69) is 19.2 Å². The Bertz CT molecular complexity index is 959. The van der Waals surface area contributed by atoms with Crippen molar-refractivity contribution in [1.82, 2.24) is 14.5 Å². The molecular weight excluding hydrogens is 410 g/mol. The van der Waals surface area contributed by atoms with Crippen LogP contribution in [0.5, 0.6) is 0 Å². The number of nitrogens with one attached hydrogen (secondary N) is 1. The van der Waals surface area contributed by atoms with Gasteiger partial charge >= 0.3 is 0 Å². The number of nitrogens with zero attached hydrogens (tertiary/aromatic N) is 2. The van der Waals surface area contributed by atoms with E-state index in [1.807, 2.05) is 54.3 Å². The first-order valence-electron chi connectivity index (χ1n) is 10.9. The normalized spacial score (nSPS) is 17.3. The van der Waals surface area contributed by atoms with E-state index in [9.17, 15) is 13.2 Å². The lowest BCUT2D eigenvalue weighted by Gasteiger charge is -2.25. The molecular formula is C24H33N3O3S. The van der Waals surface area contributed by atoms with Gasteiger partial charge in [-0.2, -0.15) is 4.31 Å². The summed E-state index contributed by atoms with van der Waals surface area (Å²) >= 11 is 0. The van der Waals surface area contributed by atoms with Crippen molar-refractivity contribution in [2.75, 3.05) is 32.7 Å². The second kappa shape index (κ2) is 10.4. The van der Waals surface area contributed by atoms with E-state index in [1.54, 1.807) is 12.1 Å². The molecule has 6 nitrogen and oxygen atoms in total. The number of carbonyl (C=O) groups excluding carboxylic acids is 1. The minimum atomic E-state index is -3.51. The highest BCUT2D eigenvalue weighted by Gasteiger charge is 2.28. The summed E-state index contributed by atoms with van der Waals surface area (Å²) < 4.78 is 27.5.